The van der Waals surface area contributed by atoms with Gasteiger partial charge in [0.2, 0.25) is 0 Å². The molecule has 0 aromatic heterocycles. The molecule has 1 atom stereocenters. The predicted molar refractivity (Wildman–Crippen MR) is 81.4 cm³/mol. The van der Waals surface area contributed by atoms with E-state index in [2.05, 4.69) is 9.80 Å². The molecule has 2 rings (SSSR count). The Bertz CT molecular complexity index is 420. The van der Waals surface area contributed by atoms with Gasteiger partial charge < -0.3 is 10.0 Å². The summed E-state index contributed by atoms with van der Waals surface area (Å²) < 4.78 is 0. The highest BCUT2D eigenvalue weighted by atomic mass is 35.5. The van der Waals surface area contributed by atoms with Crippen LogP contribution in [0, 0.1) is 0 Å². The topological polar surface area (TPSA) is 26.7 Å². The first-order valence-corrected chi connectivity index (χ1v) is 7.46. The minimum Gasteiger partial charge on any atom is -0.392 e. The van der Waals surface area contributed by atoms with E-state index in [0.717, 1.165) is 44.8 Å². The van der Waals surface area contributed by atoms with Crippen molar-refractivity contribution in [2.45, 2.75) is 19.4 Å². The second kappa shape index (κ2) is 6.80. The Balaban J connectivity index is 1.94. The molecule has 1 unspecified atom stereocenters. The molecule has 0 spiro atoms. The number of halogens is 2. The van der Waals surface area contributed by atoms with Crippen molar-refractivity contribution >= 4 is 28.9 Å². The van der Waals surface area contributed by atoms with Crippen LogP contribution >= 0.6 is 23.2 Å². The lowest BCUT2D eigenvalue weighted by Crippen LogP contribution is -2.48. The summed E-state index contributed by atoms with van der Waals surface area (Å²) in [7, 11) is 0. The van der Waals surface area contributed by atoms with Crippen LogP contribution in [-0.2, 0) is 0 Å². The number of piperazine rings is 1. The minimum absolute atomic E-state index is 0.221. The molecule has 106 valence electrons. The lowest BCUT2D eigenvalue weighted by molar-refractivity contribution is 0.106. The van der Waals surface area contributed by atoms with E-state index in [1.54, 1.807) is 6.07 Å². The van der Waals surface area contributed by atoms with Crippen molar-refractivity contribution in [2.75, 3.05) is 37.6 Å². The molecule has 1 aromatic rings. The van der Waals surface area contributed by atoms with Gasteiger partial charge in [-0.3, -0.25) is 4.90 Å². The van der Waals surface area contributed by atoms with Crippen molar-refractivity contribution in [1.29, 1.82) is 0 Å². The van der Waals surface area contributed by atoms with Crippen LogP contribution < -0.4 is 4.90 Å². The molecule has 0 amide bonds. The van der Waals surface area contributed by atoms with E-state index in [0.29, 0.717) is 10.0 Å². The number of hydrogen-bond acceptors (Lipinski definition) is 3. The van der Waals surface area contributed by atoms with Gasteiger partial charge in [0.15, 0.2) is 0 Å². The van der Waals surface area contributed by atoms with Crippen LogP contribution in [0.25, 0.3) is 0 Å². The third kappa shape index (κ3) is 3.76. The van der Waals surface area contributed by atoms with Crippen LogP contribution in [0.3, 0.4) is 0 Å². The SMILES string of the molecule is CCC(O)CN1CCN(c2cccc(Cl)c2Cl)CC1. The Morgan fingerprint density at radius 1 is 1.21 bits per heavy atom. The van der Waals surface area contributed by atoms with Crippen molar-refractivity contribution in [1.82, 2.24) is 4.90 Å². The van der Waals surface area contributed by atoms with Crippen LogP contribution in [0.15, 0.2) is 18.2 Å². The molecule has 5 heteroatoms. The molecule has 0 radical (unpaired) electrons. The second-order valence-electron chi connectivity index (χ2n) is 4.92. The van der Waals surface area contributed by atoms with Crippen molar-refractivity contribution in [3.05, 3.63) is 28.2 Å². The van der Waals surface area contributed by atoms with Gasteiger partial charge in [0.05, 0.1) is 21.8 Å². The van der Waals surface area contributed by atoms with E-state index in [-0.39, 0.29) is 6.10 Å². The molecule has 0 bridgehead atoms. The average Bonchev–Trinajstić information content (AvgIpc) is 2.43. The fraction of sp³-hybridized carbons (Fsp3) is 0.571. The molecule has 1 N–H and O–H groups in total. The van der Waals surface area contributed by atoms with Crippen molar-refractivity contribution < 1.29 is 5.11 Å². The number of anilines is 1. The van der Waals surface area contributed by atoms with E-state index >= 15 is 0 Å². The molecule has 3 nitrogen and oxygen atoms in total. The van der Waals surface area contributed by atoms with Gasteiger partial charge in [-0.25, -0.2) is 0 Å². The highest BCUT2D eigenvalue weighted by Crippen LogP contribution is 2.32. The minimum atomic E-state index is -0.221. The van der Waals surface area contributed by atoms with Crippen molar-refractivity contribution in [3.63, 3.8) is 0 Å². The zero-order valence-electron chi connectivity index (χ0n) is 11.1. The summed E-state index contributed by atoms with van der Waals surface area (Å²) in [5, 5.41) is 10.9. The van der Waals surface area contributed by atoms with E-state index in [1.165, 1.54) is 0 Å². The van der Waals surface area contributed by atoms with Crippen molar-refractivity contribution in [2.24, 2.45) is 0 Å². The number of hydrogen-bond donors (Lipinski definition) is 1. The molecule has 1 aliphatic rings. The highest BCUT2D eigenvalue weighted by molar-refractivity contribution is 6.43. The third-order valence-corrected chi connectivity index (χ3v) is 4.39. The van der Waals surface area contributed by atoms with Gasteiger partial charge >= 0.3 is 0 Å². The third-order valence-electron chi connectivity index (χ3n) is 3.58. The van der Waals surface area contributed by atoms with Gasteiger partial charge in [0.25, 0.3) is 0 Å². The summed E-state index contributed by atoms with van der Waals surface area (Å²) >= 11 is 12.3. The maximum atomic E-state index is 9.68. The van der Waals surface area contributed by atoms with Crippen LogP contribution in [0.1, 0.15) is 13.3 Å². The van der Waals surface area contributed by atoms with Crippen LogP contribution in [-0.4, -0.2) is 48.8 Å². The monoisotopic (exact) mass is 302 g/mol. The summed E-state index contributed by atoms with van der Waals surface area (Å²) in [6.45, 7) is 6.48. The number of β-amino-alcohol motifs (C(OH)–C–C–N with tert-alkyl or cyclic N) is 1. The molecule has 1 heterocycles. The molecular formula is C14H20Cl2N2O. The fourth-order valence-corrected chi connectivity index (χ4v) is 2.75. The molecular weight excluding hydrogens is 283 g/mol. The van der Waals surface area contributed by atoms with Crippen LogP contribution in [0.4, 0.5) is 5.69 Å². The van der Waals surface area contributed by atoms with Crippen LogP contribution in [0.5, 0.6) is 0 Å². The van der Waals surface area contributed by atoms with Gasteiger partial charge in [-0.05, 0) is 18.6 Å². The smallest absolute Gasteiger partial charge is 0.0825 e. The number of aliphatic hydroxyl groups is 1. The predicted octanol–water partition coefficient (Wildman–Crippen LogP) is 2.89. The molecule has 1 saturated heterocycles. The first-order chi connectivity index (χ1) is 9.11. The quantitative estimate of drug-likeness (QED) is 0.926. The van der Waals surface area contributed by atoms with E-state index in [1.807, 2.05) is 19.1 Å². The molecule has 1 fully saturated rings. The Morgan fingerprint density at radius 3 is 2.53 bits per heavy atom. The number of nitrogens with zero attached hydrogens (tertiary/aromatic N) is 2. The average molecular weight is 303 g/mol. The Morgan fingerprint density at radius 2 is 1.89 bits per heavy atom. The zero-order valence-corrected chi connectivity index (χ0v) is 12.7. The highest BCUT2D eigenvalue weighted by Gasteiger charge is 2.20. The summed E-state index contributed by atoms with van der Waals surface area (Å²) in [6.07, 6.45) is 0.585. The van der Waals surface area contributed by atoms with Gasteiger partial charge in [-0.1, -0.05) is 36.2 Å². The lowest BCUT2D eigenvalue weighted by atomic mass is 10.2. The summed E-state index contributed by atoms with van der Waals surface area (Å²) in [6, 6.07) is 5.74. The Hall–Kier alpha value is -0.480. The summed E-state index contributed by atoms with van der Waals surface area (Å²) in [4.78, 5) is 4.55. The molecule has 1 aromatic carbocycles. The molecule has 0 saturated carbocycles. The van der Waals surface area contributed by atoms with Gasteiger partial charge in [0, 0.05) is 32.7 Å². The first-order valence-electron chi connectivity index (χ1n) is 6.71. The van der Waals surface area contributed by atoms with E-state index in [4.69, 9.17) is 23.2 Å². The largest absolute Gasteiger partial charge is 0.392 e. The summed E-state index contributed by atoms with van der Waals surface area (Å²) in [5.41, 5.74) is 1.00. The normalized spacial score (nSPS) is 18.6. The maximum Gasteiger partial charge on any atom is 0.0825 e. The standard InChI is InChI=1S/C14H20Cl2N2O/c1-2-11(19)10-17-6-8-18(9-7-17)13-5-3-4-12(15)14(13)16/h3-5,11,19H,2,6-10H2,1H3. The van der Waals surface area contributed by atoms with E-state index < -0.39 is 0 Å². The maximum absolute atomic E-state index is 9.68. The van der Waals surface area contributed by atoms with Gasteiger partial charge in [-0.2, -0.15) is 0 Å². The number of rotatable bonds is 4. The first kappa shape index (κ1) is 14.9. The van der Waals surface area contributed by atoms with Gasteiger partial charge in [-0.15, -0.1) is 0 Å². The van der Waals surface area contributed by atoms with E-state index in [9.17, 15) is 5.11 Å². The number of benzene rings is 1. The fourth-order valence-electron chi connectivity index (χ4n) is 2.34. The second-order valence-corrected chi connectivity index (χ2v) is 5.71. The molecule has 0 aliphatic carbocycles. The zero-order chi connectivity index (χ0) is 13.8. The lowest BCUT2D eigenvalue weighted by Gasteiger charge is -2.37. The molecule has 1 aliphatic heterocycles. The van der Waals surface area contributed by atoms with Crippen LogP contribution in [0.2, 0.25) is 10.0 Å². The molecule has 19 heavy (non-hydrogen) atoms. The van der Waals surface area contributed by atoms with Crippen molar-refractivity contribution in [3.8, 4) is 0 Å². The number of aliphatic hydroxyl groups excluding tert-OH is 1. The Kier molecular flexibility index (Phi) is 5.34. The Labute approximate surface area is 124 Å². The van der Waals surface area contributed by atoms with Gasteiger partial charge in [0.1, 0.15) is 0 Å². The summed E-state index contributed by atoms with van der Waals surface area (Å²) in [5.74, 6) is 0.